The van der Waals surface area contributed by atoms with Gasteiger partial charge >= 0.3 is 0 Å². The Balaban J connectivity index is 1.72. The summed E-state index contributed by atoms with van der Waals surface area (Å²) in [5.41, 5.74) is 2.97. The third-order valence-electron chi connectivity index (χ3n) is 3.93. The Hall–Kier alpha value is -4.00. The fourth-order valence-corrected chi connectivity index (χ4v) is 2.68. The van der Waals surface area contributed by atoms with Crippen LogP contribution in [0.5, 0.6) is 0 Å². The van der Waals surface area contributed by atoms with Gasteiger partial charge in [-0.2, -0.15) is 0 Å². The number of aryl methyl sites for hydroxylation is 1. The molecule has 0 bridgehead atoms. The molecule has 0 spiro atoms. The van der Waals surface area contributed by atoms with Gasteiger partial charge in [-0.15, -0.1) is 0 Å². The van der Waals surface area contributed by atoms with Gasteiger partial charge in [0.15, 0.2) is 0 Å². The summed E-state index contributed by atoms with van der Waals surface area (Å²) in [6.45, 7) is 3.34. The number of anilines is 3. The minimum absolute atomic E-state index is 0.104. The van der Waals surface area contributed by atoms with E-state index in [9.17, 15) is 14.4 Å². The first-order valence-corrected chi connectivity index (χ1v) is 8.95. The molecule has 7 heteroatoms. The van der Waals surface area contributed by atoms with E-state index < -0.39 is 11.8 Å². The van der Waals surface area contributed by atoms with Gasteiger partial charge in [-0.25, -0.2) is 4.98 Å². The number of aromatic nitrogens is 1. The summed E-state index contributed by atoms with van der Waals surface area (Å²) in [7, 11) is 0. The number of benzene rings is 2. The van der Waals surface area contributed by atoms with Crippen molar-refractivity contribution in [3.8, 4) is 0 Å². The molecule has 3 aromatic rings. The first-order chi connectivity index (χ1) is 13.9. The quantitative estimate of drug-likeness (QED) is 0.618. The Morgan fingerprint density at radius 2 is 1.17 bits per heavy atom. The zero-order valence-electron chi connectivity index (χ0n) is 16.0. The van der Waals surface area contributed by atoms with Crippen molar-refractivity contribution in [1.29, 1.82) is 0 Å². The lowest BCUT2D eigenvalue weighted by molar-refractivity contribution is -0.114. The van der Waals surface area contributed by atoms with Gasteiger partial charge in [0, 0.05) is 24.0 Å². The second kappa shape index (κ2) is 8.79. The van der Waals surface area contributed by atoms with E-state index in [1.165, 1.54) is 13.0 Å². The maximum Gasteiger partial charge on any atom is 0.274 e. The maximum atomic E-state index is 12.5. The van der Waals surface area contributed by atoms with Crippen LogP contribution in [0.15, 0.2) is 66.7 Å². The van der Waals surface area contributed by atoms with Crippen LogP contribution in [0.2, 0.25) is 0 Å². The van der Waals surface area contributed by atoms with Crippen LogP contribution in [0.25, 0.3) is 0 Å². The Bertz CT molecular complexity index is 1080. The molecule has 3 amide bonds. The summed E-state index contributed by atoms with van der Waals surface area (Å²) in [5, 5.41) is 8.13. The molecule has 0 aliphatic rings. The molecular formula is C22H20N4O3. The zero-order chi connectivity index (χ0) is 20.8. The van der Waals surface area contributed by atoms with Crippen LogP contribution in [0.1, 0.15) is 33.5 Å². The standard InChI is InChI=1S/C22H20N4O3/c1-14-6-3-7-16(12-14)24-21(28)19-10-5-11-20(26-19)22(29)25-18-9-4-8-17(13-18)23-15(2)27/h3-13H,1-2H3,(H,23,27)(H,24,28)(H,25,29). The molecule has 3 N–H and O–H groups in total. The Morgan fingerprint density at radius 3 is 1.72 bits per heavy atom. The van der Waals surface area contributed by atoms with Crippen molar-refractivity contribution in [1.82, 2.24) is 4.98 Å². The molecule has 29 heavy (non-hydrogen) atoms. The molecule has 2 aromatic carbocycles. The maximum absolute atomic E-state index is 12.5. The molecule has 0 saturated heterocycles. The molecule has 0 aliphatic carbocycles. The van der Waals surface area contributed by atoms with Crippen molar-refractivity contribution in [2.45, 2.75) is 13.8 Å². The van der Waals surface area contributed by atoms with Crippen LogP contribution in [0.3, 0.4) is 0 Å². The number of hydrogen-bond donors (Lipinski definition) is 3. The number of carbonyl (C=O) groups is 3. The molecule has 0 fully saturated rings. The fraction of sp³-hybridized carbons (Fsp3) is 0.0909. The normalized spacial score (nSPS) is 10.1. The lowest BCUT2D eigenvalue weighted by atomic mass is 10.2. The molecule has 0 unspecified atom stereocenters. The summed E-state index contributed by atoms with van der Waals surface area (Å²) in [5.74, 6) is -1.07. The van der Waals surface area contributed by atoms with E-state index in [0.29, 0.717) is 17.1 Å². The highest BCUT2D eigenvalue weighted by Gasteiger charge is 2.13. The van der Waals surface area contributed by atoms with E-state index in [2.05, 4.69) is 20.9 Å². The molecule has 7 nitrogen and oxygen atoms in total. The Morgan fingerprint density at radius 1 is 0.690 bits per heavy atom. The zero-order valence-corrected chi connectivity index (χ0v) is 16.0. The summed E-state index contributed by atoms with van der Waals surface area (Å²) in [4.78, 5) is 40.3. The number of pyridine rings is 1. The van der Waals surface area contributed by atoms with Gasteiger partial charge in [0.2, 0.25) is 5.91 Å². The van der Waals surface area contributed by atoms with Crippen LogP contribution in [-0.4, -0.2) is 22.7 Å². The summed E-state index contributed by atoms with van der Waals surface area (Å²) >= 11 is 0. The third-order valence-corrected chi connectivity index (χ3v) is 3.93. The number of carbonyl (C=O) groups excluding carboxylic acids is 3. The van der Waals surface area contributed by atoms with E-state index in [1.807, 2.05) is 25.1 Å². The van der Waals surface area contributed by atoms with Crippen LogP contribution in [0, 0.1) is 6.92 Å². The van der Waals surface area contributed by atoms with Gasteiger partial charge in [0.25, 0.3) is 11.8 Å². The highest BCUT2D eigenvalue weighted by atomic mass is 16.2. The molecule has 146 valence electrons. The van der Waals surface area contributed by atoms with Crippen molar-refractivity contribution < 1.29 is 14.4 Å². The number of nitrogens with zero attached hydrogens (tertiary/aromatic N) is 1. The lowest BCUT2D eigenvalue weighted by Gasteiger charge is -2.09. The summed E-state index contributed by atoms with van der Waals surface area (Å²) in [6, 6.07) is 18.8. The van der Waals surface area contributed by atoms with E-state index >= 15 is 0 Å². The predicted molar refractivity (Wildman–Crippen MR) is 112 cm³/mol. The monoisotopic (exact) mass is 388 g/mol. The first kappa shape index (κ1) is 19.8. The third kappa shape index (κ3) is 5.49. The van der Waals surface area contributed by atoms with Crippen molar-refractivity contribution in [3.63, 3.8) is 0 Å². The molecule has 0 atom stereocenters. The minimum atomic E-state index is -0.463. The van der Waals surface area contributed by atoms with Crippen molar-refractivity contribution in [2.24, 2.45) is 0 Å². The van der Waals surface area contributed by atoms with E-state index in [0.717, 1.165) is 5.56 Å². The molecule has 3 rings (SSSR count). The Kier molecular flexibility index (Phi) is 5.99. The minimum Gasteiger partial charge on any atom is -0.326 e. The van der Waals surface area contributed by atoms with Crippen LogP contribution >= 0.6 is 0 Å². The van der Waals surface area contributed by atoms with Crippen LogP contribution in [-0.2, 0) is 4.79 Å². The summed E-state index contributed by atoms with van der Waals surface area (Å²) in [6.07, 6.45) is 0. The van der Waals surface area contributed by atoms with Crippen LogP contribution in [0.4, 0.5) is 17.1 Å². The lowest BCUT2D eigenvalue weighted by Crippen LogP contribution is -2.18. The van der Waals surface area contributed by atoms with Crippen molar-refractivity contribution in [3.05, 3.63) is 83.7 Å². The topological polar surface area (TPSA) is 100 Å². The van der Waals surface area contributed by atoms with Gasteiger partial charge in [-0.1, -0.05) is 24.3 Å². The van der Waals surface area contributed by atoms with Gasteiger partial charge in [-0.3, -0.25) is 14.4 Å². The highest BCUT2D eigenvalue weighted by molar-refractivity contribution is 6.06. The molecule has 0 saturated carbocycles. The average Bonchev–Trinajstić information content (AvgIpc) is 2.68. The van der Waals surface area contributed by atoms with Crippen molar-refractivity contribution in [2.75, 3.05) is 16.0 Å². The van der Waals surface area contributed by atoms with Gasteiger partial charge in [-0.05, 0) is 55.0 Å². The second-order valence-electron chi connectivity index (χ2n) is 6.45. The largest absolute Gasteiger partial charge is 0.326 e. The Labute approximate surface area is 168 Å². The second-order valence-corrected chi connectivity index (χ2v) is 6.45. The number of amides is 3. The van der Waals surface area contributed by atoms with E-state index in [1.54, 1.807) is 42.5 Å². The molecule has 0 radical (unpaired) electrons. The number of hydrogen-bond acceptors (Lipinski definition) is 4. The molecule has 0 aliphatic heterocycles. The van der Waals surface area contributed by atoms with Gasteiger partial charge in [0.05, 0.1) is 0 Å². The fourth-order valence-electron chi connectivity index (χ4n) is 2.68. The molecular weight excluding hydrogens is 368 g/mol. The summed E-state index contributed by atoms with van der Waals surface area (Å²) < 4.78 is 0. The van der Waals surface area contributed by atoms with Crippen LogP contribution < -0.4 is 16.0 Å². The smallest absolute Gasteiger partial charge is 0.274 e. The first-order valence-electron chi connectivity index (χ1n) is 8.95. The molecule has 1 aromatic heterocycles. The average molecular weight is 388 g/mol. The van der Waals surface area contributed by atoms with Gasteiger partial charge < -0.3 is 16.0 Å². The van der Waals surface area contributed by atoms with Crippen molar-refractivity contribution >= 4 is 34.8 Å². The number of nitrogens with one attached hydrogen (secondary N) is 3. The van der Waals surface area contributed by atoms with E-state index in [4.69, 9.17) is 0 Å². The predicted octanol–water partition coefficient (Wildman–Crippen LogP) is 3.85. The van der Waals surface area contributed by atoms with Gasteiger partial charge in [0.1, 0.15) is 11.4 Å². The molecule has 1 heterocycles. The highest BCUT2D eigenvalue weighted by Crippen LogP contribution is 2.16. The number of rotatable bonds is 5. The van der Waals surface area contributed by atoms with E-state index in [-0.39, 0.29) is 17.3 Å². The SMILES string of the molecule is CC(=O)Nc1cccc(NC(=O)c2cccc(C(=O)Nc3cccc(C)c3)n2)c1.